The van der Waals surface area contributed by atoms with Crippen LogP contribution in [0.5, 0.6) is 5.75 Å². The fourth-order valence-electron chi connectivity index (χ4n) is 3.09. The van der Waals surface area contributed by atoms with Gasteiger partial charge in [-0.05, 0) is 49.4 Å². The van der Waals surface area contributed by atoms with E-state index in [0.29, 0.717) is 26.0 Å². The molecule has 0 aliphatic carbocycles. The minimum Gasteiger partial charge on any atom is -0.493 e. The monoisotopic (exact) mass is 351 g/mol. The number of hydrogen-bond donors (Lipinski definition) is 1. The molecule has 1 amide bonds. The van der Waals surface area contributed by atoms with Gasteiger partial charge in [0.1, 0.15) is 11.3 Å². The minimum atomic E-state index is 0.0582. The summed E-state index contributed by atoms with van der Waals surface area (Å²) < 4.78 is 11.4. The Morgan fingerprint density at radius 1 is 1.08 bits per heavy atom. The number of amides is 1. The van der Waals surface area contributed by atoms with E-state index in [1.54, 1.807) is 6.26 Å². The molecule has 4 nitrogen and oxygen atoms in total. The van der Waals surface area contributed by atoms with Crippen LogP contribution in [-0.4, -0.2) is 19.1 Å². The van der Waals surface area contributed by atoms with E-state index >= 15 is 0 Å². The van der Waals surface area contributed by atoms with E-state index in [-0.39, 0.29) is 5.91 Å². The van der Waals surface area contributed by atoms with Gasteiger partial charge in [0, 0.05) is 18.4 Å². The Kier molecular flexibility index (Phi) is 5.95. The van der Waals surface area contributed by atoms with Gasteiger partial charge in [0.15, 0.2) is 0 Å². The van der Waals surface area contributed by atoms with Crippen molar-refractivity contribution in [1.29, 1.82) is 0 Å². The second-order valence-electron chi connectivity index (χ2n) is 6.53. The van der Waals surface area contributed by atoms with E-state index in [0.717, 1.165) is 39.8 Å². The fourth-order valence-corrected chi connectivity index (χ4v) is 3.09. The van der Waals surface area contributed by atoms with Gasteiger partial charge in [0.05, 0.1) is 12.9 Å². The quantitative estimate of drug-likeness (QED) is 0.605. The van der Waals surface area contributed by atoms with Gasteiger partial charge in [-0.2, -0.15) is 0 Å². The van der Waals surface area contributed by atoms with Gasteiger partial charge in [-0.1, -0.05) is 36.4 Å². The highest BCUT2D eigenvalue weighted by Gasteiger charge is 2.07. The van der Waals surface area contributed by atoms with Gasteiger partial charge in [-0.3, -0.25) is 4.79 Å². The Morgan fingerprint density at radius 3 is 2.65 bits per heavy atom. The first-order chi connectivity index (χ1) is 12.6. The van der Waals surface area contributed by atoms with Gasteiger partial charge in [-0.15, -0.1) is 0 Å². The summed E-state index contributed by atoms with van der Waals surface area (Å²) in [7, 11) is 0. The largest absolute Gasteiger partial charge is 0.493 e. The average molecular weight is 351 g/mol. The molecule has 0 saturated carbocycles. The second-order valence-corrected chi connectivity index (χ2v) is 6.53. The van der Waals surface area contributed by atoms with Crippen molar-refractivity contribution in [3.8, 4) is 5.75 Å². The van der Waals surface area contributed by atoms with Gasteiger partial charge in [0.25, 0.3) is 0 Å². The Hall–Kier alpha value is -2.75. The van der Waals surface area contributed by atoms with Crippen LogP contribution in [0.25, 0.3) is 11.0 Å². The Morgan fingerprint density at radius 2 is 1.85 bits per heavy atom. The smallest absolute Gasteiger partial charge is 0.220 e. The first-order valence-corrected chi connectivity index (χ1v) is 9.06. The van der Waals surface area contributed by atoms with Gasteiger partial charge < -0.3 is 14.5 Å². The average Bonchev–Trinajstić information content (AvgIpc) is 3.04. The number of hydrogen-bond acceptors (Lipinski definition) is 3. The maximum Gasteiger partial charge on any atom is 0.220 e. The zero-order valence-electron chi connectivity index (χ0n) is 15.4. The lowest BCUT2D eigenvalue weighted by atomic mass is 10.1. The topological polar surface area (TPSA) is 51.5 Å². The molecule has 2 aromatic carbocycles. The molecule has 1 aromatic heterocycles. The van der Waals surface area contributed by atoms with E-state index in [1.807, 2.05) is 56.3 Å². The highest BCUT2D eigenvalue weighted by atomic mass is 16.5. The summed E-state index contributed by atoms with van der Waals surface area (Å²) >= 11 is 0. The Labute approximate surface area is 154 Å². The van der Waals surface area contributed by atoms with Crippen molar-refractivity contribution in [2.24, 2.45) is 0 Å². The molecule has 0 saturated heterocycles. The SMILES string of the molecule is Cc1cccc(C)c1OCCCC(=O)NCCc1coc2ccccc12. The summed E-state index contributed by atoms with van der Waals surface area (Å²) in [6.07, 6.45) is 3.71. The van der Waals surface area contributed by atoms with Crippen LogP contribution in [0.2, 0.25) is 0 Å². The van der Waals surface area contributed by atoms with Crippen LogP contribution in [0.15, 0.2) is 53.1 Å². The maximum absolute atomic E-state index is 12.0. The van der Waals surface area contributed by atoms with E-state index in [1.165, 1.54) is 0 Å². The highest BCUT2D eigenvalue weighted by molar-refractivity contribution is 5.81. The van der Waals surface area contributed by atoms with E-state index in [9.17, 15) is 4.79 Å². The molecular formula is C22H25NO3. The summed E-state index contributed by atoms with van der Waals surface area (Å²) in [4.78, 5) is 12.0. The number of nitrogens with one attached hydrogen (secondary N) is 1. The fraction of sp³-hybridized carbons (Fsp3) is 0.318. The molecule has 0 fully saturated rings. The van der Waals surface area contributed by atoms with Crippen molar-refractivity contribution in [2.45, 2.75) is 33.1 Å². The summed E-state index contributed by atoms with van der Waals surface area (Å²) in [5.74, 6) is 0.989. The molecule has 3 aromatic rings. The Balaban J connectivity index is 1.37. The van der Waals surface area contributed by atoms with Crippen molar-refractivity contribution in [2.75, 3.05) is 13.2 Å². The third kappa shape index (κ3) is 4.45. The molecule has 1 heterocycles. The number of rotatable bonds is 8. The third-order valence-corrected chi connectivity index (χ3v) is 4.48. The van der Waals surface area contributed by atoms with Gasteiger partial charge in [-0.25, -0.2) is 0 Å². The lowest BCUT2D eigenvalue weighted by molar-refractivity contribution is -0.121. The number of para-hydroxylation sites is 2. The minimum absolute atomic E-state index is 0.0582. The number of ether oxygens (including phenoxy) is 1. The first-order valence-electron chi connectivity index (χ1n) is 9.06. The standard InChI is InChI=1S/C22H25NO3/c1-16-7-5-8-17(2)22(16)25-14-6-11-21(24)23-13-12-18-15-26-20-10-4-3-9-19(18)20/h3-5,7-10,15H,6,11-14H2,1-2H3,(H,23,24). The van der Waals surface area contributed by atoms with Gasteiger partial charge >= 0.3 is 0 Å². The zero-order valence-corrected chi connectivity index (χ0v) is 15.4. The summed E-state index contributed by atoms with van der Waals surface area (Å²) in [6.45, 7) is 5.23. The maximum atomic E-state index is 12.0. The zero-order chi connectivity index (χ0) is 18.4. The molecule has 0 radical (unpaired) electrons. The molecule has 4 heteroatoms. The van der Waals surface area contributed by atoms with Crippen LogP contribution < -0.4 is 10.1 Å². The molecular weight excluding hydrogens is 326 g/mol. The van der Waals surface area contributed by atoms with Crippen molar-refractivity contribution in [3.63, 3.8) is 0 Å². The number of aryl methyl sites for hydroxylation is 2. The highest BCUT2D eigenvalue weighted by Crippen LogP contribution is 2.22. The van der Waals surface area contributed by atoms with Crippen LogP contribution >= 0.6 is 0 Å². The third-order valence-electron chi connectivity index (χ3n) is 4.48. The first kappa shape index (κ1) is 18.1. The molecule has 0 atom stereocenters. The summed E-state index contributed by atoms with van der Waals surface area (Å²) in [5.41, 5.74) is 4.26. The number of fused-ring (bicyclic) bond motifs is 1. The van der Waals surface area contributed by atoms with Crippen LogP contribution in [0.4, 0.5) is 0 Å². The lowest BCUT2D eigenvalue weighted by Gasteiger charge is -2.11. The second kappa shape index (κ2) is 8.56. The molecule has 1 N–H and O–H groups in total. The molecule has 0 bridgehead atoms. The van der Waals surface area contributed by atoms with E-state index in [2.05, 4.69) is 5.32 Å². The number of carbonyl (C=O) groups is 1. The van der Waals surface area contributed by atoms with Crippen molar-refractivity contribution in [1.82, 2.24) is 5.32 Å². The predicted octanol–water partition coefficient (Wildman–Crippen LogP) is 4.57. The molecule has 0 aliphatic rings. The van der Waals surface area contributed by atoms with Gasteiger partial charge in [0.2, 0.25) is 5.91 Å². The number of furan rings is 1. The molecule has 136 valence electrons. The summed E-state index contributed by atoms with van der Waals surface area (Å²) in [6, 6.07) is 14.0. The molecule has 0 aliphatic heterocycles. The van der Waals surface area contributed by atoms with E-state index < -0.39 is 0 Å². The van der Waals surface area contributed by atoms with Crippen LogP contribution in [-0.2, 0) is 11.2 Å². The van der Waals surface area contributed by atoms with Crippen LogP contribution in [0.1, 0.15) is 29.5 Å². The van der Waals surface area contributed by atoms with Crippen molar-refractivity contribution in [3.05, 3.63) is 65.4 Å². The lowest BCUT2D eigenvalue weighted by Crippen LogP contribution is -2.25. The number of benzene rings is 2. The van der Waals surface area contributed by atoms with Crippen molar-refractivity contribution >= 4 is 16.9 Å². The van der Waals surface area contributed by atoms with Crippen LogP contribution in [0.3, 0.4) is 0 Å². The van der Waals surface area contributed by atoms with Crippen LogP contribution in [0, 0.1) is 13.8 Å². The summed E-state index contributed by atoms with van der Waals surface area (Å²) in [5, 5.41) is 4.09. The van der Waals surface area contributed by atoms with E-state index in [4.69, 9.17) is 9.15 Å². The normalized spacial score (nSPS) is 10.8. The molecule has 0 unspecified atom stereocenters. The Bertz CT molecular complexity index is 862. The predicted molar refractivity (Wildman–Crippen MR) is 104 cm³/mol. The van der Waals surface area contributed by atoms with Crippen molar-refractivity contribution < 1.29 is 13.9 Å². The molecule has 3 rings (SSSR count). The molecule has 26 heavy (non-hydrogen) atoms. The molecule has 0 spiro atoms. The number of carbonyl (C=O) groups excluding carboxylic acids is 1.